The van der Waals surface area contributed by atoms with E-state index in [1.807, 2.05) is 78.9 Å². The highest BCUT2D eigenvalue weighted by Gasteiger charge is 2.54. The first kappa shape index (κ1) is 45.1. The largest absolute Gasteiger partial charge is 0.494 e. The van der Waals surface area contributed by atoms with E-state index in [0.717, 1.165) is 16.7 Å². The number of nitrogens with zero attached hydrogens (tertiary/aromatic N) is 1. The van der Waals surface area contributed by atoms with E-state index in [1.165, 1.54) is 18.2 Å². The van der Waals surface area contributed by atoms with Gasteiger partial charge in [-0.3, -0.25) is 10.2 Å². The Morgan fingerprint density at radius 2 is 1.40 bits per heavy atom. The molecule has 0 aliphatic carbocycles. The van der Waals surface area contributed by atoms with Gasteiger partial charge in [-0.2, -0.15) is 0 Å². The first-order chi connectivity index (χ1) is 30.6. The number of hydrazine groups is 1. The molecule has 6 aromatic rings. The first-order valence-electron chi connectivity index (χ1n) is 20.5. The molecule has 1 aliphatic heterocycles. The zero-order valence-electron chi connectivity index (χ0n) is 34.3. The molecule has 2 atom stereocenters. The van der Waals surface area contributed by atoms with Gasteiger partial charge >= 0.3 is 0 Å². The van der Waals surface area contributed by atoms with Crippen molar-refractivity contribution in [3.63, 3.8) is 0 Å². The fraction of sp³-hybridized carbons (Fsp3) is 0.224. The van der Waals surface area contributed by atoms with Gasteiger partial charge in [0.2, 0.25) is 5.90 Å². The number of ether oxygens (including phenoxy) is 4. The summed E-state index contributed by atoms with van der Waals surface area (Å²) in [6, 6.07) is 45.2. The minimum Gasteiger partial charge on any atom is -0.494 e. The van der Waals surface area contributed by atoms with Gasteiger partial charge in [0.25, 0.3) is 5.91 Å². The predicted octanol–water partition coefficient (Wildman–Crippen LogP) is 8.90. The van der Waals surface area contributed by atoms with Crippen molar-refractivity contribution in [3.8, 4) is 17.2 Å². The third kappa shape index (κ3) is 11.8. The Balaban J connectivity index is 1.14. The topological polar surface area (TPSA) is 145 Å². The second kappa shape index (κ2) is 21.5. The summed E-state index contributed by atoms with van der Waals surface area (Å²) in [6.07, 6.45) is -0.474. The van der Waals surface area contributed by atoms with Crippen molar-refractivity contribution in [1.82, 2.24) is 10.9 Å². The fourth-order valence-electron chi connectivity index (χ4n) is 6.97. The molecule has 11 nitrogen and oxygen atoms in total. The average molecular weight is 909 g/mol. The van der Waals surface area contributed by atoms with Gasteiger partial charge in [0.05, 0.1) is 17.3 Å². The Kier molecular flexibility index (Phi) is 15.4. The number of benzene rings is 6. The van der Waals surface area contributed by atoms with Crippen LogP contribution in [0.4, 0.5) is 0 Å². The summed E-state index contributed by atoms with van der Waals surface area (Å²) in [7, 11) is -3.89. The number of aliphatic imine (C=N–C) groups is 1. The van der Waals surface area contributed by atoms with Crippen LogP contribution in [-0.4, -0.2) is 56.4 Å². The van der Waals surface area contributed by atoms with E-state index in [1.54, 1.807) is 54.6 Å². The molecule has 0 unspecified atom stereocenters. The van der Waals surface area contributed by atoms with Crippen molar-refractivity contribution in [1.29, 1.82) is 0 Å². The van der Waals surface area contributed by atoms with Crippen molar-refractivity contribution in [3.05, 3.63) is 190 Å². The van der Waals surface area contributed by atoms with Crippen LogP contribution in [-0.2, 0) is 39.0 Å². The summed E-state index contributed by atoms with van der Waals surface area (Å²) in [6.45, 7) is 1.32. The van der Waals surface area contributed by atoms with Crippen molar-refractivity contribution in [2.45, 2.75) is 49.0 Å². The molecule has 14 heteroatoms. The van der Waals surface area contributed by atoms with Crippen molar-refractivity contribution < 1.29 is 37.3 Å². The van der Waals surface area contributed by atoms with Crippen LogP contribution in [0, 0.1) is 0 Å². The van der Waals surface area contributed by atoms with Crippen LogP contribution in [0.2, 0.25) is 10.0 Å². The third-order valence-electron chi connectivity index (χ3n) is 10.4. The summed E-state index contributed by atoms with van der Waals surface area (Å²) in [5.74, 6) is 0.781. The normalized spacial score (nSPS) is 15.9. The van der Waals surface area contributed by atoms with Crippen LogP contribution in [0.5, 0.6) is 17.2 Å². The van der Waals surface area contributed by atoms with E-state index in [9.17, 15) is 13.2 Å². The van der Waals surface area contributed by atoms with Gasteiger partial charge in [-0.1, -0.05) is 114 Å². The number of hydrogen-bond acceptors (Lipinski definition) is 10. The van der Waals surface area contributed by atoms with E-state index >= 15 is 0 Å². The lowest BCUT2D eigenvalue weighted by atomic mass is 9.85. The monoisotopic (exact) mass is 907 g/mol. The molecule has 3 N–H and O–H groups in total. The lowest BCUT2D eigenvalue weighted by Crippen LogP contribution is -2.53. The molecule has 63 heavy (non-hydrogen) atoms. The second-order valence-corrected chi connectivity index (χ2v) is 17.8. The van der Waals surface area contributed by atoms with E-state index in [-0.39, 0.29) is 35.4 Å². The number of amides is 1. The molecule has 0 saturated heterocycles. The number of rotatable bonds is 21. The van der Waals surface area contributed by atoms with Crippen molar-refractivity contribution in [2.24, 2.45) is 4.99 Å². The van der Waals surface area contributed by atoms with E-state index in [4.69, 9.17) is 52.2 Å². The van der Waals surface area contributed by atoms with E-state index in [0.29, 0.717) is 66.1 Å². The van der Waals surface area contributed by atoms with Crippen molar-refractivity contribution >= 4 is 44.8 Å². The van der Waals surface area contributed by atoms with Crippen LogP contribution in [0.15, 0.2) is 162 Å². The fourth-order valence-corrected chi connectivity index (χ4v) is 8.86. The number of sulfone groups is 1. The Morgan fingerprint density at radius 1 is 0.746 bits per heavy atom. The highest BCUT2D eigenvalue weighted by atomic mass is 35.5. The van der Waals surface area contributed by atoms with Gasteiger partial charge in [-0.15, -0.1) is 0 Å². The summed E-state index contributed by atoms with van der Waals surface area (Å²) in [5, 5.41) is 9.75. The number of carbonyl (C=O) groups excluding carboxylic acids is 1. The van der Waals surface area contributed by atoms with Gasteiger partial charge in [0.15, 0.2) is 33.0 Å². The van der Waals surface area contributed by atoms with Crippen LogP contribution in [0.25, 0.3) is 0 Å². The third-order valence-corrected chi connectivity index (χ3v) is 12.6. The molecule has 0 saturated carbocycles. The second-order valence-electron chi connectivity index (χ2n) is 14.8. The minimum atomic E-state index is -3.89. The van der Waals surface area contributed by atoms with Crippen LogP contribution in [0.1, 0.15) is 46.8 Å². The molecular weight excluding hydrogens is 862 g/mol. The summed E-state index contributed by atoms with van der Waals surface area (Å²) in [4.78, 5) is 19.8. The van der Waals surface area contributed by atoms with Crippen LogP contribution in [0.3, 0.4) is 0 Å². The maximum atomic E-state index is 14.8. The predicted molar refractivity (Wildman–Crippen MR) is 244 cm³/mol. The lowest BCUT2D eigenvalue weighted by molar-refractivity contribution is -0.130. The number of aliphatic hydroxyl groups is 1. The zero-order chi connectivity index (χ0) is 44.1. The Morgan fingerprint density at radius 3 is 2.05 bits per heavy atom. The number of nitrogens with one attached hydrogen (secondary N) is 2. The minimum absolute atomic E-state index is 0.000445. The van der Waals surface area contributed by atoms with Crippen molar-refractivity contribution in [2.75, 3.05) is 25.5 Å². The number of aliphatic hydroxyl groups excluding tert-OH is 1. The van der Waals surface area contributed by atoms with Gasteiger partial charge in [0, 0.05) is 47.2 Å². The molecular formula is C49H47Cl2N3O8S. The van der Waals surface area contributed by atoms with E-state index in [2.05, 4.69) is 10.9 Å². The number of hydrogen-bond donors (Lipinski definition) is 3. The summed E-state index contributed by atoms with van der Waals surface area (Å²) < 4.78 is 52.3. The molecule has 0 fully saturated rings. The molecule has 326 valence electrons. The van der Waals surface area contributed by atoms with Gasteiger partial charge in [0.1, 0.15) is 19.0 Å². The molecule has 1 aliphatic rings. The quantitative estimate of drug-likeness (QED) is 0.0477. The van der Waals surface area contributed by atoms with Crippen LogP contribution < -0.4 is 25.1 Å². The van der Waals surface area contributed by atoms with E-state index < -0.39 is 33.1 Å². The maximum Gasteiger partial charge on any atom is 0.266 e. The molecule has 6 aromatic carbocycles. The average Bonchev–Trinajstić information content (AvgIpc) is 3.70. The number of halogens is 2. The van der Waals surface area contributed by atoms with Gasteiger partial charge in [-0.25, -0.2) is 18.8 Å². The summed E-state index contributed by atoms with van der Waals surface area (Å²) >= 11 is 13.1. The zero-order valence-corrected chi connectivity index (χ0v) is 36.6. The SMILES string of the molecule is O=C(NNCCc1ccc(OCc2ccccc2)c(OCc2ccccc2)c1)[C@@]1(CCS(=O)(=O)c2ccccc2)N=C(c2ccc(OCCCO)cc2)O[C@H]1c1ccc(Cl)cc1Cl. The highest BCUT2D eigenvalue weighted by molar-refractivity contribution is 7.91. The Hall–Kier alpha value is -5.89. The standard InChI is InChI=1S/C49H47Cl2N3O8S/c50-39-20-23-42(43(51)32-39)46-49(26-30-63(57,58)41-15-8-3-9-16-41,53-47(62-46)38-18-21-40(22-19-38)59-29-10-28-55)48(56)54-52-27-25-35-17-24-44(60-33-36-11-4-1-5-12-36)45(31-35)61-34-37-13-6-2-7-14-37/h1-9,11-24,31-32,46,52,55H,10,25-30,33-34H2,(H,54,56)/t46-,49-/m0/s1. The maximum absolute atomic E-state index is 14.8. The molecule has 0 aromatic heterocycles. The molecule has 0 spiro atoms. The lowest BCUT2D eigenvalue weighted by Gasteiger charge is -2.31. The molecule has 0 bridgehead atoms. The molecule has 1 amide bonds. The first-order valence-corrected chi connectivity index (χ1v) is 22.9. The molecule has 0 radical (unpaired) electrons. The molecule has 7 rings (SSSR count). The van der Waals surface area contributed by atoms with Gasteiger partial charge < -0.3 is 24.1 Å². The summed E-state index contributed by atoms with van der Waals surface area (Å²) in [5.41, 5.74) is 7.91. The molecule has 1 heterocycles. The highest BCUT2D eigenvalue weighted by Crippen LogP contribution is 2.45. The Bertz CT molecular complexity index is 2590. The Labute approximate surface area is 377 Å². The van der Waals surface area contributed by atoms with Crippen LogP contribution >= 0.6 is 23.2 Å². The van der Waals surface area contributed by atoms with Gasteiger partial charge in [-0.05, 0) is 83.8 Å². The smallest absolute Gasteiger partial charge is 0.266 e. The number of carbonyl (C=O) groups is 1.